The number of aliphatic carboxylic acids is 1. The van der Waals surface area contributed by atoms with Crippen molar-refractivity contribution in [3.63, 3.8) is 0 Å². The fourth-order valence-electron chi connectivity index (χ4n) is 2.97. The van der Waals surface area contributed by atoms with Gasteiger partial charge in [-0.15, -0.1) is 0 Å². The number of nitrogens with zero attached hydrogens (tertiary/aromatic N) is 1. The number of carboxylic acids is 1. The van der Waals surface area contributed by atoms with Crippen molar-refractivity contribution >= 4 is 12.0 Å². The Morgan fingerprint density at radius 1 is 1.46 bits per heavy atom. The second-order valence-corrected chi connectivity index (χ2v) is 6.21. The summed E-state index contributed by atoms with van der Waals surface area (Å²) in [5.41, 5.74) is 0. The molecule has 0 radical (unpaired) electrons. The average Bonchev–Trinajstić information content (AvgIpc) is 3.21. The summed E-state index contributed by atoms with van der Waals surface area (Å²) >= 11 is 0. The van der Waals surface area contributed by atoms with Gasteiger partial charge < -0.3 is 24.5 Å². The fraction of sp³-hybridized carbons (Fsp3) is 0.625. The molecule has 0 bridgehead atoms. The Morgan fingerprint density at radius 2 is 2.19 bits per heavy atom. The summed E-state index contributed by atoms with van der Waals surface area (Å²) in [5, 5.41) is 11.7. The lowest BCUT2D eigenvalue weighted by Crippen LogP contribution is -2.45. The molecule has 0 saturated carbocycles. The highest BCUT2D eigenvalue weighted by Gasteiger charge is 2.53. The van der Waals surface area contributed by atoms with Crippen molar-refractivity contribution in [1.82, 2.24) is 10.2 Å². The maximum atomic E-state index is 13.0. The van der Waals surface area contributed by atoms with Crippen LogP contribution < -0.4 is 5.32 Å². The predicted molar refractivity (Wildman–Crippen MR) is 83.5 cm³/mol. The van der Waals surface area contributed by atoms with E-state index in [0.717, 1.165) is 4.90 Å². The van der Waals surface area contributed by atoms with E-state index in [-0.39, 0.29) is 0 Å². The monoisotopic (exact) mass is 378 g/mol. The molecule has 2 rings (SSSR count). The van der Waals surface area contributed by atoms with E-state index in [9.17, 15) is 22.8 Å². The van der Waals surface area contributed by atoms with Crippen LogP contribution in [0.5, 0.6) is 0 Å². The number of rotatable bonds is 7. The summed E-state index contributed by atoms with van der Waals surface area (Å²) in [7, 11) is 1.50. The van der Waals surface area contributed by atoms with Gasteiger partial charge >= 0.3 is 18.2 Å². The minimum atomic E-state index is -4.68. The van der Waals surface area contributed by atoms with Crippen molar-refractivity contribution in [2.45, 2.75) is 25.1 Å². The van der Waals surface area contributed by atoms with Gasteiger partial charge in [-0.25, -0.2) is 4.79 Å². The lowest BCUT2D eigenvalue weighted by atomic mass is 9.96. The molecule has 3 atom stereocenters. The first kappa shape index (κ1) is 20.1. The van der Waals surface area contributed by atoms with E-state index in [0.29, 0.717) is 25.2 Å². The maximum Gasteiger partial charge on any atom is 0.394 e. The normalized spacial score (nSPS) is 21.6. The van der Waals surface area contributed by atoms with Crippen LogP contribution in [0.3, 0.4) is 0 Å². The number of hydrogen-bond donors (Lipinski definition) is 2. The molecule has 2 heterocycles. The van der Waals surface area contributed by atoms with Crippen LogP contribution in [0.15, 0.2) is 22.8 Å². The van der Waals surface area contributed by atoms with Gasteiger partial charge in [0, 0.05) is 39.3 Å². The van der Waals surface area contributed by atoms with Gasteiger partial charge in [-0.1, -0.05) is 0 Å². The van der Waals surface area contributed by atoms with Crippen LogP contribution >= 0.6 is 0 Å². The van der Waals surface area contributed by atoms with Crippen LogP contribution in [0.4, 0.5) is 18.0 Å². The smallest absolute Gasteiger partial charge is 0.394 e. The number of methoxy groups -OCH3 is 1. The highest BCUT2D eigenvalue weighted by atomic mass is 19.4. The zero-order valence-electron chi connectivity index (χ0n) is 14.2. The lowest BCUT2D eigenvalue weighted by molar-refractivity contribution is -0.187. The van der Waals surface area contributed by atoms with Gasteiger partial charge in [0.1, 0.15) is 5.76 Å². The second-order valence-electron chi connectivity index (χ2n) is 6.21. The number of nitrogens with one attached hydrogen (secondary N) is 1. The molecular weight excluding hydrogens is 357 g/mol. The van der Waals surface area contributed by atoms with E-state index in [1.54, 1.807) is 12.1 Å². The number of alkyl halides is 3. The topological polar surface area (TPSA) is 92.0 Å². The Hall–Kier alpha value is -2.23. The van der Waals surface area contributed by atoms with E-state index >= 15 is 0 Å². The quantitative estimate of drug-likeness (QED) is 0.758. The molecule has 10 heteroatoms. The van der Waals surface area contributed by atoms with Crippen molar-refractivity contribution in [2.75, 3.05) is 26.8 Å². The van der Waals surface area contributed by atoms with Crippen molar-refractivity contribution in [3.05, 3.63) is 24.2 Å². The van der Waals surface area contributed by atoms with E-state index in [1.807, 2.05) is 0 Å². The van der Waals surface area contributed by atoms with Crippen LogP contribution in [0.2, 0.25) is 0 Å². The first-order chi connectivity index (χ1) is 12.2. The van der Waals surface area contributed by atoms with Crippen LogP contribution in [0.25, 0.3) is 0 Å². The molecule has 2 amide bonds. The number of ether oxygens (including phenoxy) is 1. The number of amides is 2. The molecule has 1 aliphatic heterocycles. The molecule has 26 heavy (non-hydrogen) atoms. The van der Waals surface area contributed by atoms with Crippen molar-refractivity contribution in [3.8, 4) is 0 Å². The van der Waals surface area contributed by atoms with Crippen molar-refractivity contribution in [1.29, 1.82) is 0 Å². The molecule has 1 aliphatic rings. The summed E-state index contributed by atoms with van der Waals surface area (Å²) in [6.07, 6.45) is -2.42. The summed E-state index contributed by atoms with van der Waals surface area (Å²) in [6, 6.07) is 2.27. The molecule has 1 fully saturated rings. The van der Waals surface area contributed by atoms with Crippen molar-refractivity contribution in [2.24, 2.45) is 11.8 Å². The first-order valence-electron chi connectivity index (χ1n) is 8.08. The third-order valence-electron chi connectivity index (χ3n) is 4.37. The van der Waals surface area contributed by atoms with Crippen LogP contribution in [-0.4, -0.2) is 61.0 Å². The van der Waals surface area contributed by atoms with Gasteiger partial charge in [-0.3, -0.25) is 4.79 Å². The minimum Gasteiger partial charge on any atom is -0.481 e. The maximum absolute atomic E-state index is 13.0. The number of carboxylic acid groups (broad SMARTS) is 1. The Morgan fingerprint density at radius 3 is 2.69 bits per heavy atom. The zero-order valence-corrected chi connectivity index (χ0v) is 14.2. The van der Waals surface area contributed by atoms with Crippen LogP contribution in [0.1, 0.15) is 12.2 Å². The molecule has 1 unspecified atom stereocenters. The summed E-state index contributed by atoms with van der Waals surface area (Å²) < 4.78 is 49.3. The number of halogens is 3. The lowest BCUT2D eigenvalue weighted by Gasteiger charge is -2.23. The molecule has 146 valence electrons. The standard InChI is InChI=1S/C16H21F3N2O5/c1-25-6-4-10(7-11-3-2-5-26-11)20-15(24)21-8-12(14(22)23)13(9-21)16(17,18)19/h2-3,5,10,12-13H,4,6-9H2,1H3,(H,20,24)(H,22,23)/t10?,12-,13-/m1/s1. The molecule has 1 aromatic rings. The van der Waals surface area contributed by atoms with Crippen molar-refractivity contribution < 1.29 is 37.0 Å². The molecule has 1 aromatic heterocycles. The molecule has 0 aromatic carbocycles. The molecule has 1 saturated heterocycles. The molecule has 0 spiro atoms. The number of urea groups is 1. The van der Waals surface area contributed by atoms with E-state index in [4.69, 9.17) is 14.3 Å². The number of hydrogen-bond acceptors (Lipinski definition) is 4. The zero-order chi connectivity index (χ0) is 19.3. The van der Waals surface area contributed by atoms with E-state index < -0.39 is 49.1 Å². The molecule has 7 nitrogen and oxygen atoms in total. The molecular formula is C16H21F3N2O5. The summed E-state index contributed by atoms with van der Waals surface area (Å²) in [4.78, 5) is 24.4. The average molecular weight is 378 g/mol. The Kier molecular flexibility index (Phi) is 6.52. The number of likely N-dealkylation sites (tertiary alicyclic amines) is 1. The van der Waals surface area contributed by atoms with Gasteiger partial charge in [0.25, 0.3) is 0 Å². The minimum absolute atomic E-state index is 0.342. The van der Waals surface area contributed by atoms with Crippen LogP contribution in [0, 0.1) is 11.8 Å². The first-order valence-corrected chi connectivity index (χ1v) is 8.08. The van der Waals surface area contributed by atoms with Gasteiger partial charge in [-0.2, -0.15) is 13.2 Å². The fourth-order valence-corrected chi connectivity index (χ4v) is 2.97. The third kappa shape index (κ3) is 5.13. The van der Waals surface area contributed by atoms with Gasteiger partial charge in [-0.05, 0) is 18.6 Å². The number of furan rings is 1. The Bertz CT molecular complexity index is 606. The second kappa shape index (κ2) is 8.43. The predicted octanol–water partition coefficient (Wildman–Crippen LogP) is 2.13. The van der Waals surface area contributed by atoms with Gasteiger partial charge in [0.2, 0.25) is 0 Å². The third-order valence-corrected chi connectivity index (χ3v) is 4.37. The molecule has 2 N–H and O–H groups in total. The Balaban J connectivity index is 2.02. The largest absolute Gasteiger partial charge is 0.481 e. The SMILES string of the molecule is COCCC(Cc1ccco1)NC(=O)N1C[C@@H](C(F)(F)F)[C@H](C(=O)O)C1. The van der Waals surface area contributed by atoms with Gasteiger partial charge in [0.05, 0.1) is 18.1 Å². The highest BCUT2D eigenvalue weighted by Crippen LogP contribution is 2.37. The highest BCUT2D eigenvalue weighted by molar-refractivity contribution is 5.78. The van der Waals surface area contributed by atoms with Gasteiger partial charge in [0.15, 0.2) is 0 Å². The molecule has 0 aliphatic carbocycles. The summed E-state index contributed by atoms with van der Waals surface area (Å²) in [5.74, 6) is -4.69. The van der Waals surface area contributed by atoms with Crippen LogP contribution in [-0.2, 0) is 16.0 Å². The Labute approximate surface area is 148 Å². The number of carbonyl (C=O) groups excluding carboxylic acids is 1. The van der Waals surface area contributed by atoms with E-state index in [1.165, 1.54) is 13.4 Å². The summed E-state index contributed by atoms with van der Waals surface area (Å²) in [6.45, 7) is -0.818. The van der Waals surface area contributed by atoms with E-state index in [2.05, 4.69) is 5.32 Å². The number of carbonyl (C=O) groups is 2.